The Morgan fingerprint density at radius 2 is 2.12 bits per heavy atom. The van der Waals surface area contributed by atoms with E-state index in [4.69, 9.17) is 5.11 Å². The Balaban J connectivity index is 2.20. The van der Waals surface area contributed by atoms with Crippen LogP contribution in [0.1, 0.15) is 30.7 Å². The summed E-state index contributed by atoms with van der Waals surface area (Å²) in [6.45, 7) is 3.74. The van der Waals surface area contributed by atoms with Gasteiger partial charge in [-0.15, -0.1) is 0 Å². The third-order valence-corrected chi connectivity index (χ3v) is 3.18. The van der Waals surface area contributed by atoms with E-state index in [1.165, 1.54) is 0 Å². The van der Waals surface area contributed by atoms with Crippen LogP contribution < -0.4 is 5.32 Å². The van der Waals surface area contributed by atoms with Crippen molar-refractivity contribution in [2.24, 2.45) is 0 Å². The molecule has 1 heterocycles. The summed E-state index contributed by atoms with van der Waals surface area (Å²) in [7, 11) is 0. The average Bonchev–Trinajstić information content (AvgIpc) is 2.16. The van der Waals surface area contributed by atoms with Crippen LogP contribution in [0, 0.1) is 13.8 Å². The number of carboxylic acid groups (broad SMARTS) is 1. The smallest absolute Gasteiger partial charge is 0.329 e. The van der Waals surface area contributed by atoms with E-state index in [9.17, 15) is 4.79 Å². The molecule has 1 aromatic rings. The number of aryl methyl sites for hydroxylation is 2. The molecule has 86 valence electrons. The summed E-state index contributed by atoms with van der Waals surface area (Å²) in [6, 6.07) is 0. The zero-order valence-corrected chi connectivity index (χ0v) is 9.45. The third-order valence-electron chi connectivity index (χ3n) is 3.18. The largest absolute Gasteiger partial charge is 0.480 e. The summed E-state index contributed by atoms with van der Waals surface area (Å²) in [5.74, 6) is -0.260. The van der Waals surface area contributed by atoms with E-state index < -0.39 is 11.5 Å². The van der Waals surface area contributed by atoms with Crippen LogP contribution in [0.2, 0.25) is 0 Å². The number of aliphatic carboxylic acids is 1. The molecule has 5 nitrogen and oxygen atoms in total. The summed E-state index contributed by atoms with van der Waals surface area (Å²) >= 11 is 0. The van der Waals surface area contributed by atoms with Crippen molar-refractivity contribution in [1.82, 2.24) is 9.97 Å². The molecule has 1 fully saturated rings. The van der Waals surface area contributed by atoms with E-state index >= 15 is 0 Å². The molecule has 1 aromatic heterocycles. The molecule has 2 N–H and O–H groups in total. The lowest BCUT2D eigenvalue weighted by Crippen LogP contribution is -2.52. The van der Waals surface area contributed by atoms with Gasteiger partial charge in [0.2, 0.25) is 0 Å². The molecule has 0 saturated heterocycles. The minimum atomic E-state index is -0.823. The van der Waals surface area contributed by atoms with Crippen molar-refractivity contribution in [3.05, 3.63) is 17.6 Å². The molecular weight excluding hydrogens is 206 g/mol. The van der Waals surface area contributed by atoms with Gasteiger partial charge in [-0.05, 0) is 33.1 Å². The third kappa shape index (κ3) is 1.73. The van der Waals surface area contributed by atoms with E-state index in [1.54, 1.807) is 6.20 Å². The normalized spacial score (nSPS) is 17.6. The van der Waals surface area contributed by atoms with Gasteiger partial charge in [0.1, 0.15) is 11.4 Å². The first-order chi connectivity index (χ1) is 7.53. The number of nitrogens with zero attached hydrogens (tertiary/aromatic N) is 2. The Kier molecular flexibility index (Phi) is 2.53. The fourth-order valence-corrected chi connectivity index (χ4v) is 1.77. The van der Waals surface area contributed by atoms with Gasteiger partial charge >= 0.3 is 5.97 Å². The second-order valence-corrected chi connectivity index (χ2v) is 4.29. The van der Waals surface area contributed by atoms with Crippen molar-refractivity contribution in [3.8, 4) is 0 Å². The van der Waals surface area contributed by atoms with Crippen LogP contribution >= 0.6 is 0 Å². The van der Waals surface area contributed by atoms with E-state index in [0.29, 0.717) is 18.7 Å². The summed E-state index contributed by atoms with van der Waals surface area (Å²) < 4.78 is 0. The van der Waals surface area contributed by atoms with Crippen molar-refractivity contribution < 1.29 is 9.90 Å². The number of anilines is 1. The summed E-state index contributed by atoms with van der Waals surface area (Å²) in [5.41, 5.74) is 0.865. The number of carboxylic acids is 1. The molecule has 0 spiro atoms. The van der Waals surface area contributed by atoms with Gasteiger partial charge in [0.15, 0.2) is 0 Å². The van der Waals surface area contributed by atoms with Crippen molar-refractivity contribution in [1.29, 1.82) is 0 Å². The minimum absolute atomic E-state index is 0.546. The van der Waals surface area contributed by atoms with Gasteiger partial charge in [0, 0.05) is 0 Å². The Labute approximate surface area is 93.9 Å². The number of carbonyl (C=O) groups is 1. The average molecular weight is 221 g/mol. The van der Waals surface area contributed by atoms with Gasteiger partial charge in [-0.1, -0.05) is 0 Å². The Hall–Kier alpha value is -1.65. The minimum Gasteiger partial charge on any atom is -0.480 e. The second-order valence-electron chi connectivity index (χ2n) is 4.29. The molecule has 0 amide bonds. The molecular formula is C11H15N3O2. The highest BCUT2D eigenvalue weighted by Crippen LogP contribution is 2.35. The standard InChI is InChI=1S/C11H15N3O2/c1-7-8(2)13-9(6-12-7)14-11(10(15)16)4-3-5-11/h6H,3-5H2,1-2H3,(H,13,14)(H,15,16). The number of rotatable bonds is 3. The molecule has 1 aliphatic carbocycles. The molecule has 2 rings (SSSR count). The summed E-state index contributed by atoms with van der Waals surface area (Å²) in [4.78, 5) is 19.6. The maximum absolute atomic E-state index is 11.1. The molecule has 0 atom stereocenters. The first kappa shape index (κ1) is 10.9. The quantitative estimate of drug-likeness (QED) is 0.809. The summed E-state index contributed by atoms with van der Waals surface area (Å²) in [6.07, 6.45) is 3.83. The number of hydrogen-bond acceptors (Lipinski definition) is 4. The van der Waals surface area contributed by atoms with Crippen LogP contribution in [-0.2, 0) is 4.79 Å². The van der Waals surface area contributed by atoms with Crippen LogP contribution in [0.3, 0.4) is 0 Å². The first-order valence-corrected chi connectivity index (χ1v) is 5.35. The predicted molar refractivity (Wildman–Crippen MR) is 59.3 cm³/mol. The predicted octanol–water partition coefficient (Wildman–Crippen LogP) is 1.51. The molecule has 0 aliphatic heterocycles. The van der Waals surface area contributed by atoms with Crippen molar-refractivity contribution >= 4 is 11.8 Å². The number of hydrogen-bond donors (Lipinski definition) is 2. The van der Waals surface area contributed by atoms with Crippen LogP contribution in [0.25, 0.3) is 0 Å². The molecule has 1 saturated carbocycles. The molecule has 0 aromatic carbocycles. The van der Waals surface area contributed by atoms with Crippen molar-refractivity contribution in [2.75, 3.05) is 5.32 Å². The molecule has 1 aliphatic rings. The zero-order chi connectivity index (χ0) is 11.8. The Morgan fingerprint density at radius 1 is 1.44 bits per heavy atom. The maximum atomic E-state index is 11.1. The maximum Gasteiger partial charge on any atom is 0.329 e. The van der Waals surface area contributed by atoms with E-state index in [1.807, 2.05) is 13.8 Å². The lowest BCUT2D eigenvalue weighted by atomic mass is 9.77. The lowest BCUT2D eigenvalue weighted by molar-refractivity contribution is -0.145. The summed E-state index contributed by atoms with van der Waals surface area (Å²) in [5, 5.41) is 12.1. The van der Waals surface area contributed by atoms with Gasteiger partial charge in [-0.25, -0.2) is 9.78 Å². The highest BCUT2D eigenvalue weighted by Gasteiger charge is 2.44. The Morgan fingerprint density at radius 3 is 2.56 bits per heavy atom. The monoisotopic (exact) mass is 221 g/mol. The van der Waals surface area contributed by atoms with E-state index in [2.05, 4.69) is 15.3 Å². The lowest BCUT2D eigenvalue weighted by Gasteiger charge is -2.38. The van der Waals surface area contributed by atoms with Gasteiger partial charge < -0.3 is 10.4 Å². The zero-order valence-electron chi connectivity index (χ0n) is 9.45. The number of nitrogens with one attached hydrogen (secondary N) is 1. The highest BCUT2D eigenvalue weighted by molar-refractivity contribution is 5.83. The fourth-order valence-electron chi connectivity index (χ4n) is 1.77. The van der Waals surface area contributed by atoms with Gasteiger partial charge in [0.05, 0.1) is 17.6 Å². The molecule has 16 heavy (non-hydrogen) atoms. The topological polar surface area (TPSA) is 75.1 Å². The van der Waals surface area contributed by atoms with E-state index in [-0.39, 0.29) is 0 Å². The Bertz CT molecular complexity index is 427. The van der Waals surface area contributed by atoms with Crippen molar-refractivity contribution in [3.63, 3.8) is 0 Å². The molecule has 0 bridgehead atoms. The highest BCUT2D eigenvalue weighted by atomic mass is 16.4. The second kappa shape index (κ2) is 3.73. The van der Waals surface area contributed by atoms with Gasteiger partial charge in [-0.3, -0.25) is 4.98 Å². The molecule has 0 radical (unpaired) electrons. The van der Waals surface area contributed by atoms with Crippen LogP contribution in [-0.4, -0.2) is 26.6 Å². The van der Waals surface area contributed by atoms with E-state index in [0.717, 1.165) is 17.8 Å². The SMILES string of the molecule is Cc1ncc(NC2(C(=O)O)CCC2)nc1C. The molecule has 5 heteroatoms. The van der Waals surface area contributed by atoms with Crippen LogP contribution in [0.15, 0.2) is 6.20 Å². The van der Waals surface area contributed by atoms with Crippen LogP contribution in [0.4, 0.5) is 5.82 Å². The molecule has 0 unspecified atom stereocenters. The fraction of sp³-hybridized carbons (Fsp3) is 0.545. The van der Waals surface area contributed by atoms with Crippen molar-refractivity contribution in [2.45, 2.75) is 38.6 Å². The number of aromatic nitrogens is 2. The van der Waals surface area contributed by atoms with Gasteiger partial charge in [-0.2, -0.15) is 0 Å². The first-order valence-electron chi connectivity index (χ1n) is 5.35. The van der Waals surface area contributed by atoms with Gasteiger partial charge in [0.25, 0.3) is 0 Å². The van der Waals surface area contributed by atoms with Crippen LogP contribution in [0.5, 0.6) is 0 Å².